The molecular weight excluding hydrogens is 495 g/mol. The number of rotatable bonds is 12. The summed E-state index contributed by atoms with van der Waals surface area (Å²) < 4.78 is 17.4. The van der Waals surface area contributed by atoms with Crippen molar-refractivity contribution in [2.24, 2.45) is 0 Å². The Hall–Kier alpha value is -0.981. The predicted octanol–water partition coefficient (Wildman–Crippen LogP) is 6.14. The van der Waals surface area contributed by atoms with Crippen LogP contribution in [0.3, 0.4) is 0 Å². The molecule has 0 N–H and O–H groups in total. The summed E-state index contributed by atoms with van der Waals surface area (Å²) in [5, 5.41) is 0. The van der Waals surface area contributed by atoms with E-state index >= 15 is 0 Å². The van der Waals surface area contributed by atoms with Gasteiger partial charge in [0.05, 0.1) is 0 Å². The van der Waals surface area contributed by atoms with E-state index in [1.54, 1.807) is 8.48 Å². The van der Waals surface area contributed by atoms with Gasteiger partial charge in [0.2, 0.25) is 0 Å². The summed E-state index contributed by atoms with van der Waals surface area (Å²) >= 11 is -2.43. The van der Waals surface area contributed by atoms with Crippen molar-refractivity contribution in [3.63, 3.8) is 0 Å². The van der Waals surface area contributed by atoms with E-state index in [0.717, 1.165) is 0 Å². The predicted molar refractivity (Wildman–Crippen MR) is 131 cm³/mol. The molecule has 0 spiro atoms. The van der Waals surface area contributed by atoms with Gasteiger partial charge in [-0.2, -0.15) is 0 Å². The SMILES string of the molecule is CCC[CH2][Sn]([CH2]CCC)([CH2]CCC)[c]1ccc(OC2CN(C(=O)OC(C)(C)C)C2)nc1. The number of carbonyl (C=O) groups excluding carboxylic acids is 1. The zero-order valence-electron chi connectivity index (χ0n) is 20.7. The Morgan fingerprint density at radius 3 is 2.00 bits per heavy atom. The molecular formula is C25H44N2O3Sn. The molecule has 0 saturated carbocycles. The zero-order valence-corrected chi connectivity index (χ0v) is 23.6. The number of hydrogen-bond donors (Lipinski definition) is 0. The van der Waals surface area contributed by atoms with Gasteiger partial charge in [-0.1, -0.05) is 0 Å². The Morgan fingerprint density at radius 1 is 1.03 bits per heavy atom. The standard InChI is InChI=1S/C13H17N2O3.3C4H9.Sn/c1-13(2,3)18-12(16)15-8-10(9-15)17-11-6-4-5-7-14-11;3*1-3-4-2;/h4,6-7,10H,8-9H2,1-3H3;3*1,3-4H2,2H3;. The molecule has 0 unspecified atom stereocenters. The molecule has 1 aromatic heterocycles. The topological polar surface area (TPSA) is 51.7 Å². The molecule has 0 atom stereocenters. The third kappa shape index (κ3) is 8.14. The van der Waals surface area contributed by atoms with Crippen molar-refractivity contribution in [2.45, 2.75) is 105 Å². The molecule has 2 rings (SSSR count). The first-order chi connectivity index (χ1) is 14.7. The van der Waals surface area contributed by atoms with E-state index in [-0.39, 0.29) is 12.2 Å². The maximum absolute atomic E-state index is 12.1. The van der Waals surface area contributed by atoms with Crippen LogP contribution in [-0.2, 0) is 4.74 Å². The number of ether oxygens (including phenoxy) is 2. The van der Waals surface area contributed by atoms with E-state index in [9.17, 15) is 4.79 Å². The van der Waals surface area contributed by atoms with E-state index in [1.165, 1.54) is 51.8 Å². The molecule has 2 heterocycles. The first-order valence-corrected chi connectivity index (χ1v) is 19.8. The number of hydrogen-bond acceptors (Lipinski definition) is 4. The van der Waals surface area contributed by atoms with Crippen LogP contribution in [-0.4, -0.2) is 59.1 Å². The van der Waals surface area contributed by atoms with Gasteiger partial charge < -0.3 is 0 Å². The number of pyridine rings is 1. The van der Waals surface area contributed by atoms with E-state index in [2.05, 4.69) is 39.1 Å². The maximum atomic E-state index is 12.1. The quantitative estimate of drug-likeness (QED) is 0.300. The number of likely N-dealkylation sites (tertiary alicyclic amines) is 1. The molecule has 31 heavy (non-hydrogen) atoms. The third-order valence-corrected chi connectivity index (χ3v) is 21.7. The average Bonchev–Trinajstić information content (AvgIpc) is 2.69. The van der Waals surface area contributed by atoms with E-state index in [0.29, 0.717) is 19.0 Å². The third-order valence-electron chi connectivity index (χ3n) is 6.16. The Bertz CT molecular complexity index is 645. The second-order valence-electron chi connectivity index (χ2n) is 10.1. The van der Waals surface area contributed by atoms with Crippen molar-refractivity contribution in [3.8, 4) is 5.88 Å². The Morgan fingerprint density at radius 2 is 1.58 bits per heavy atom. The number of carbonyl (C=O) groups is 1. The molecule has 0 aromatic carbocycles. The Kier molecular flexibility index (Phi) is 10.4. The molecule has 0 radical (unpaired) electrons. The van der Waals surface area contributed by atoms with Gasteiger partial charge in [-0.25, -0.2) is 0 Å². The fourth-order valence-corrected chi connectivity index (χ4v) is 19.9. The molecule has 0 aliphatic carbocycles. The normalized spacial score (nSPS) is 15.0. The van der Waals surface area contributed by atoms with E-state index < -0.39 is 24.0 Å². The summed E-state index contributed by atoms with van der Waals surface area (Å²) in [6, 6.07) is 4.39. The van der Waals surface area contributed by atoms with Gasteiger partial charge in [-0.05, 0) is 0 Å². The molecule has 0 bridgehead atoms. The molecule has 1 aromatic rings. The van der Waals surface area contributed by atoms with Crippen LogP contribution in [0.15, 0.2) is 18.3 Å². The van der Waals surface area contributed by atoms with Crippen LogP contribution in [0.2, 0.25) is 13.3 Å². The van der Waals surface area contributed by atoms with Crippen molar-refractivity contribution in [3.05, 3.63) is 18.3 Å². The minimum absolute atomic E-state index is 0.000543. The minimum atomic E-state index is -2.43. The summed E-state index contributed by atoms with van der Waals surface area (Å²) in [6.07, 6.45) is 9.76. The zero-order chi connectivity index (χ0) is 22.9. The van der Waals surface area contributed by atoms with Gasteiger partial charge >= 0.3 is 195 Å². The molecule has 6 heteroatoms. The first-order valence-electron chi connectivity index (χ1n) is 12.3. The summed E-state index contributed by atoms with van der Waals surface area (Å²) in [6.45, 7) is 13.7. The summed E-state index contributed by atoms with van der Waals surface area (Å²) in [7, 11) is 0. The van der Waals surface area contributed by atoms with Gasteiger partial charge in [0.1, 0.15) is 0 Å². The van der Waals surface area contributed by atoms with Crippen molar-refractivity contribution in [2.75, 3.05) is 13.1 Å². The molecule has 1 saturated heterocycles. The van der Waals surface area contributed by atoms with Gasteiger partial charge in [0, 0.05) is 0 Å². The number of unbranched alkanes of at least 4 members (excludes halogenated alkanes) is 3. The molecule has 1 fully saturated rings. The van der Waals surface area contributed by atoms with Crippen molar-refractivity contribution < 1.29 is 14.3 Å². The van der Waals surface area contributed by atoms with Gasteiger partial charge in [0.15, 0.2) is 0 Å². The van der Waals surface area contributed by atoms with E-state index in [4.69, 9.17) is 14.5 Å². The van der Waals surface area contributed by atoms with Gasteiger partial charge in [-0.3, -0.25) is 0 Å². The molecule has 1 aliphatic rings. The molecule has 1 aliphatic heterocycles. The molecule has 1 amide bonds. The number of amides is 1. The summed E-state index contributed by atoms with van der Waals surface area (Å²) in [5.41, 5.74) is -0.466. The number of aromatic nitrogens is 1. The Balaban J connectivity index is 2.00. The average molecular weight is 539 g/mol. The first kappa shape index (κ1) is 26.3. The van der Waals surface area contributed by atoms with Crippen LogP contribution in [0.25, 0.3) is 0 Å². The fraction of sp³-hybridized carbons (Fsp3) is 0.760. The van der Waals surface area contributed by atoms with Gasteiger partial charge in [0.25, 0.3) is 0 Å². The van der Waals surface area contributed by atoms with Crippen LogP contribution >= 0.6 is 0 Å². The fourth-order valence-electron chi connectivity index (χ4n) is 4.28. The second kappa shape index (κ2) is 12.3. The summed E-state index contributed by atoms with van der Waals surface area (Å²) in [5.74, 6) is 0.680. The molecule has 176 valence electrons. The van der Waals surface area contributed by atoms with Crippen molar-refractivity contribution in [1.82, 2.24) is 9.88 Å². The monoisotopic (exact) mass is 540 g/mol. The van der Waals surface area contributed by atoms with Gasteiger partial charge in [-0.15, -0.1) is 0 Å². The van der Waals surface area contributed by atoms with Crippen molar-refractivity contribution >= 4 is 28.0 Å². The second-order valence-corrected chi connectivity index (χ2v) is 23.3. The van der Waals surface area contributed by atoms with Crippen LogP contribution < -0.4 is 8.32 Å². The van der Waals surface area contributed by atoms with Crippen LogP contribution in [0.5, 0.6) is 5.88 Å². The van der Waals surface area contributed by atoms with E-state index in [1.807, 2.05) is 20.8 Å². The van der Waals surface area contributed by atoms with Crippen molar-refractivity contribution in [1.29, 1.82) is 0 Å². The summed E-state index contributed by atoms with van der Waals surface area (Å²) in [4.78, 5) is 18.5. The molecule has 5 nitrogen and oxygen atoms in total. The van der Waals surface area contributed by atoms with Crippen LogP contribution in [0.4, 0.5) is 4.79 Å². The Labute approximate surface area is 194 Å². The van der Waals surface area contributed by atoms with Crippen LogP contribution in [0.1, 0.15) is 80.1 Å². The van der Waals surface area contributed by atoms with Crippen LogP contribution in [0, 0.1) is 0 Å². The number of nitrogens with zero attached hydrogens (tertiary/aromatic N) is 2.